The lowest BCUT2D eigenvalue weighted by molar-refractivity contribution is -0.131. The fraction of sp³-hybridized carbons (Fsp3) is 0.333. The normalized spacial score (nSPS) is 12.4. The van der Waals surface area contributed by atoms with Crippen LogP contribution in [-0.2, 0) is 9.59 Å². The molecule has 19 heavy (non-hydrogen) atoms. The van der Waals surface area contributed by atoms with E-state index in [1.165, 1.54) is 6.08 Å². The molecule has 4 nitrogen and oxygen atoms in total. The highest BCUT2D eigenvalue weighted by molar-refractivity contribution is 5.93. The van der Waals surface area contributed by atoms with Gasteiger partial charge in [-0.15, -0.1) is 0 Å². The second kappa shape index (κ2) is 6.73. The van der Waals surface area contributed by atoms with Gasteiger partial charge in [0.1, 0.15) is 0 Å². The van der Waals surface area contributed by atoms with E-state index in [4.69, 9.17) is 5.11 Å². The van der Waals surface area contributed by atoms with Gasteiger partial charge in [-0.3, -0.25) is 4.79 Å². The molecule has 0 bridgehead atoms. The Balaban J connectivity index is 2.83. The Labute approximate surface area is 113 Å². The second-order valence-electron chi connectivity index (χ2n) is 4.54. The minimum atomic E-state index is -0.980. The zero-order valence-electron chi connectivity index (χ0n) is 11.4. The van der Waals surface area contributed by atoms with E-state index in [0.717, 1.165) is 29.3 Å². The zero-order chi connectivity index (χ0) is 14.4. The molecule has 0 spiro atoms. The number of benzene rings is 1. The van der Waals surface area contributed by atoms with Crippen LogP contribution in [0.25, 0.3) is 6.08 Å². The number of carboxylic acid groups (broad SMARTS) is 1. The number of carboxylic acids is 1. The van der Waals surface area contributed by atoms with Crippen molar-refractivity contribution in [3.8, 4) is 0 Å². The molecule has 0 aromatic heterocycles. The molecule has 1 amide bonds. The molecule has 1 aromatic rings. The summed E-state index contributed by atoms with van der Waals surface area (Å²) < 4.78 is 0. The maximum atomic E-state index is 11.8. The van der Waals surface area contributed by atoms with E-state index in [1.54, 1.807) is 12.1 Å². The van der Waals surface area contributed by atoms with Gasteiger partial charge < -0.3 is 10.4 Å². The molecule has 0 fully saturated rings. The Morgan fingerprint density at radius 3 is 2.63 bits per heavy atom. The van der Waals surface area contributed by atoms with E-state index in [0.29, 0.717) is 0 Å². The van der Waals surface area contributed by atoms with Crippen molar-refractivity contribution in [1.82, 2.24) is 0 Å². The van der Waals surface area contributed by atoms with E-state index in [9.17, 15) is 9.59 Å². The number of carbonyl (C=O) groups excluding carboxylic acids is 1. The molecular weight excluding hydrogens is 242 g/mol. The molecule has 0 saturated heterocycles. The standard InChI is InChI=1S/C15H19NO3/c1-4-10(2)15(19)16-13-7-5-12(9-11(13)3)6-8-14(17)18/h5-10H,4H2,1-3H3,(H,16,19)(H,17,18). The van der Waals surface area contributed by atoms with Gasteiger partial charge in [0.05, 0.1) is 0 Å². The first-order chi connectivity index (χ1) is 8.93. The largest absolute Gasteiger partial charge is 0.478 e. The molecule has 0 aliphatic heterocycles. The number of rotatable bonds is 5. The summed E-state index contributed by atoms with van der Waals surface area (Å²) in [5, 5.41) is 11.4. The Bertz CT molecular complexity index is 506. The zero-order valence-corrected chi connectivity index (χ0v) is 11.4. The van der Waals surface area contributed by atoms with Crippen LogP contribution in [0.1, 0.15) is 31.4 Å². The van der Waals surface area contributed by atoms with Crippen molar-refractivity contribution >= 4 is 23.6 Å². The van der Waals surface area contributed by atoms with Crippen molar-refractivity contribution in [2.45, 2.75) is 27.2 Å². The third-order valence-corrected chi connectivity index (χ3v) is 2.99. The van der Waals surface area contributed by atoms with Crippen LogP contribution in [0.5, 0.6) is 0 Å². The molecule has 1 rings (SSSR count). The Morgan fingerprint density at radius 2 is 2.11 bits per heavy atom. The van der Waals surface area contributed by atoms with Gasteiger partial charge in [0.15, 0.2) is 0 Å². The summed E-state index contributed by atoms with van der Waals surface area (Å²) in [5.74, 6) is -1.00. The van der Waals surface area contributed by atoms with Crippen molar-refractivity contribution < 1.29 is 14.7 Å². The lowest BCUT2D eigenvalue weighted by Gasteiger charge is -2.12. The Kier molecular flexibility index (Phi) is 5.30. The van der Waals surface area contributed by atoms with E-state index >= 15 is 0 Å². The maximum Gasteiger partial charge on any atom is 0.328 e. The lowest BCUT2D eigenvalue weighted by atomic mass is 10.1. The molecule has 1 atom stereocenters. The minimum Gasteiger partial charge on any atom is -0.478 e. The smallest absolute Gasteiger partial charge is 0.328 e. The van der Waals surface area contributed by atoms with E-state index in [1.807, 2.05) is 26.8 Å². The van der Waals surface area contributed by atoms with Crippen molar-refractivity contribution in [3.05, 3.63) is 35.4 Å². The van der Waals surface area contributed by atoms with Crippen molar-refractivity contribution in [2.24, 2.45) is 5.92 Å². The van der Waals surface area contributed by atoms with Gasteiger partial charge in [-0.05, 0) is 42.7 Å². The molecule has 2 N–H and O–H groups in total. The van der Waals surface area contributed by atoms with Crippen molar-refractivity contribution in [2.75, 3.05) is 5.32 Å². The van der Waals surface area contributed by atoms with Crippen LogP contribution in [0.15, 0.2) is 24.3 Å². The highest BCUT2D eigenvalue weighted by Gasteiger charge is 2.11. The van der Waals surface area contributed by atoms with Gasteiger partial charge >= 0.3 is 5.97 Å². The topological polar surface area (TPSA) is 66.4 Å². The molecule has 0 aliphatic rings. The summed E-state index contributed by atoms with van der Waals surface area (Å²) in [6.45, 7) is 5.73. The average molecular weight is 261 g/mol. The predicted octanol–water partition coefficient (Wildman–Crippen LogP) is 3.08. The summed E-state index contributed by atoms with van der Waals surface area (Å²) >= 11 is 0. The van der Waals surface area contributed by atoms with Gasteiger partial charge in [0.2, 0.25) is 5.91 Å². The van der Waals surface area contributed by atoms with Crippen LogP contribution in [0, 0.1) is 12.8 Å². The first-order valence-corrected chi connectivity index (χ1v) is 6.26. The SMILES string of the molecule is CCC(C)C(=O)Nc1ccc(C=CC(=O)O)cc1C. The summed E-state index contributed by atoms with van der Waals surface area (Å²) in [4.78, 5) is 22.2. The van der Waals surface area contributed by atoms with Crippen molar-refractivity contribution in [3.63, 3.8) is 0 Å². The highest BCUT2D eigenvalue weighted by Crippen LogP contribution is 2.18. The second-order valence-corrected chi connectivity index (χ2v) is 4.54. The third-order valence-electron chi connectivity index (χ3n) is 2.99. The predicted molar refractivity (Wildman–Crippen MR) is 75.9 cm³/mol. The number of carbonyl (C=O) groups is 2. The van der Waals surface area contributed by atoms with Crippen LogP contribution in [0.2, 0.25) is 0 Å². The molecule has 0 heterocycles. The van der Waals surface area contributed by atoms with Gasteiger partial charge in [0.25, 0.3) is 0 Å². The molecular formula is C15H19NO3. The van der Waals surface area contributed by atoms with Crippen LogP contribution in [0.4, 0.5) is 5.69 Å². The quantitative estimate of drug-likeness (QED) is 0.800. The molecule has 102 valence electrons. The van der Waals surface area contributed by atoms with Crippen LogP contribution in [-0.4, -0.2) is 17.0 Å². The first-order valence-electron chi connectivity index (χ1n) is 6.26. The van der Waals surface area contributed by atoms with Gasteiger partial charge in [-0.1, -0.05) is 19.9 Å². The van der Waals surface area contributed by atoms with Crippen LogP contribution < -0.4 is 5.32 Å². The number of hydrogen-bond acceptors (Lipinski definition) is 2. The molecule has 0 saturated carbocycles. The molecule has 0 radical (unpaired) electrons. The Morgan fingerprint density at radius 1 is 1.42 bits per heavy atom. The number of hydrogen-bond donors (Lipinski definition) is 2. The van der Waals surface area contributed by atoms with E-state index < -0.39 is 5.97 Å². The number of anilines is 1. The van der Waals surface area contributed by atoms with E-state index in [2.05, 4.69) is 5.32 Å². The van der Waals surface area contributed by atoms with E-state index in [-0.39, 0.29) is 11.8 Å². The fourth-order valence-electron chi connectivity index (χ4n) is 1.54. The first kappa shape index (κ1) is 15.0. The summed E-state index contributed by atoms with van der Waals surface area (Å²) in [6.07, 6.45) is 3.41. The van der Waals surface area contributed by atoms with Crippen molar-refractivity contribution in [1.29, 1.82) is 0 Å². The Hall–Kier alpha value is -2.10. The monoisotopic (exact) mass is 261 g/mol. The summed E-state index contributed by atoms with van der Waals surface area (Å²) in [7, 11) is 0. The van der Waals surface area contributed by atoms with Crippen LogP contribution >= 0.6 is 0 Å². The number of aryl methyl sites for hydroxylation is 1. The maximum absolute atomic E-state index is 11.8. The highest BCUT2D eigenvalue weighted by atomic mass is 16.4. The fourth-order valence-corrected chi connectivity index (χ4v) is 1.54. The van der Waals surface area contributed by atoms with Gasteiger partial charge in [0, 0.05) is 17.7 Å². The summed E-state index contributed by atoms with van der Waals surface area (Å²) in [5.41, 5.74) is 2.46. The van der Waals surface area contributed by atoms with Gasteiger partial charge in [-0.25, -0.2) is 4.79 Å². The number of nitrogens with one attached hydrogen (secondary N) is 1. The molecule has 4 heteroatoms. The lowest BCUT2D eigenvalue weighted by Crippen LogP contribution is -2.20. The average Bonchev–Trinajstić information content (AvgIpc) is 2.38. The summed E-state index contributed by atoms with van der Waals surface area (Å²) in [6, 6.07) is 5.40. The molecule has 0 aliphatic carbocycles. The van der Waals surface area contributed by atoms with Crippen LogP contribution in [0.3, 0.4) is 0 Å². The van der Waals surface area contributed by atoms with Gasteiger partial charge in [-0.2, -0.15) is 0 Å². The third kappa shape index (κ3) is 4.58. The minimum absolute atomic E-state index is 0.000530. The number of amides is 1. The number of aliphatic carboxylic acids is 1. The molecule has 1 unspecified atom stereocenters. The molecule has 1 aromatic carbocycles.